The summed E-state index contributed by atoms with van der Waals surface area (Å²) in [4.78, 5) is 12.0. The van der Waals surface area contributed by atoms with E-state index in [-0.39, 0.29) is 17.9 Å². The number of carbonyl (C=O) groups excluding carboxylic acids is 1. The Bertz CT molecular complexity index is 633. The standard InChI is InChI=1S/C16H15F2NO/c1-10-4-3-5-11(2)16(10)19-15(20)8-12-6-7-13(17)9-14(12)18/h3-7,9H,8H2,1-2H3,(H,19,20). The molecule has 0 aliphatic heterocycles. The first-order chi connectivity index (χ1) is 9.47. The number of nitrogens with one attached hydrogen (secondary N) is 1. The average molecular weight is 275 g/mol. The predicted octanol–water partition coefficient (Wildman–Crippen LogP) is 3.76. The van der Waals surface area contributed by atoms with Gasteiger partial charge in [0.1, 0.15) is 11.6 Å². The van der Waals surface area contributed by atoms with Crippen molar-refractivity contribution < 1.29 is 13.6 Å². The molecule has 0 aromatic heterocycles. The molecule has 1 N–H and O–H groups in total. The van der Waals surface area contributed by atoms with Crippen LogP contribution in [-0.2, 0) is 11.2 Å². The van der Waals surface area contributed by atoms with Gasteiger partial charge in [-0.3, -0.25) is 4.79 Å². The van der Waals surface area contributed by atoms with Gasteiger partial charge in [0.25, 0.3) is 0 Å². The van der Waals surface area contributed by atoms with E-state index < -0.39 is 11.6 Å². The summed E-state index contributed by atoms with van der Waals surface area (Å²) < 4.78 is 26.3. The minimum atomic E-state index is -0.707. The first kappa shape index (κ1) is 14.2. The average Bonchev–Trinajstić information content (AvgIpc) is 2.37. The fourth-order valence-corrected chi connectivity index (χ4v) is 2.03. The maximum atomic E-state index is 13.5. The third-order valence-corrected chi connectivity index (χ3v) is 3.11. The molecule has 2 aromatic carbocycles. The van der Waals surface area contributed by atoms with Crippen LogP contribution in [0.15, 0.2) is 36.4 Å². The van der Waals surface area contributed by atoms with Gasteiger partial charge in [0, 0.05) is 11.8 Å². The van der Waals surface area contributed by atoms with Crippen molar-refractivity contribution in [1.82, 2.24) is 0 Å². The van der Waals surface area contributed by atoms with E-state index >= 15 is 0 Å². The summed E-state index contributed by atoms with van der Waals surface area (Å²) in [5.41, 5.74) is 2.80. The van der Waals surface area contributed by atoms with E-state index in [1.54, 1.807) is 0 Å². The van der Waals surface area contributed by atoms with Gasteiger partial charge < -0.3 is 5.32 Å². The third kappa shape index (κ3) is 3.20. The van der Waals surface area contributed by atoms with Crippen molar-refractivity contribution in [3.8, 4) is 0 Å². The molecule has 0 radical (unpaired) electrons. The molecule has 2 nitrogen and oxygen atoms in total. The maximum absolute atomic E-state index is 13.5. The monoisotopic (exact) mass is 275 g/mol. The van der Waals surface area contributed by atoms with Crippen LogP contribution in [0.2, 0.25) is 0 Å². The van der Waals surface area contributed by atoms with Crippen LogP contribution < -0.4 is 5.32 Å². The molecule has 104 valence electrons. The van der Waals surface area contributed by atoms with Crippen LogP contribution in [0, 0.1) is 25.5 Å². The third-order valence-electron chi connectivity index (χ3n) is 3.11. The van der Waals surface area contributed by atoms with Crippen LogP contribution in [0.1, 0.15) is 16.7 Å². The molecule has 0 aliphatic carbocycles. The fraction of sp³-hybridized carbons (Fsp3) is 0.188. The van der Waals surface area contributed by atoms with E-state index in [0.717, 1.165) is 28.9 Å². The molecule has 0 saturated heterocycles. The second kappa shape index (κ2) is 5.82. The number of aryl methyl sites for hydroxylation is 2. The Morgan fingerprint density at radius 2 is 1.75 bits per heavy atom. The molecule has 0 bridgehead atoms. The second-order valence-corrected chi connectivity index (χ2v) is 4.73. The van der Waals surface area contributed by atoms with Crippen molar-refractivity contribution in [2.45, 2.75) is 20.3 Å². The minimum absolute atomic E-state index is 0.125. The second-order valence-electron chi connectivity index (χ2n) is 4.73. The number of hydrogen-bond donors (Lipinski definition) is 1. The van der Waals surface area contributed by atoms with Gasteiger partial charge in [0.2, 0.25) is 5.91 Å². The normalized spacial score (nSPS) is 10.4. The summed E-state index contributed by atoms with van der Waals surface area (Å²) in [7, 11) is 0. The highest BCUT2D eigenvalue weighted by Crippen LogP contribution is 2.20. The van der Waals surface area contributed by atoms with Gasteiger partial charge in [-0.1, -0.05) is 24.3 Å². The Labute approximate surface area is 116 Å². The molecular weight excluding hydrogens is 260 g/mol. The number of benzene rings is 2. The Morgan fingerprint density at radius 1 is 1.10 bits per heavy atom. The molecule has 0 saturated carbocycles. The van der Waals surface area contributed by atoms with Crippen molar-refractivity contribution in [3.63, 3.8) is 0 Å². The Morgan fingerprint density at radius 3 is 2.35 bits per heavy atom. The van der Waals surface area contributed by atoms with Gasteiger partial charge in [-0.2, -0.15) is 0 Å². The topological polar surface area (TPSA) is 29.1 Å². The van der Waals surface area contributed by atoms with Crippen LogP contribution in [-0.4, -0.2) is 5.91 Å². The predicted molar refractivity (Wildman–Crippen MR) is 74.6 cm³/mol. The summed E-state index contributed by atoms with van der Waals surface area (Å²) in [6.07, 6.45) is -0.125. The molecule has 0 fully saturated rings. The maximum Gasteiger partial charge on any atom is 0.228 e. The molecule has 0 atom stereocenters. The van der Waals surface area contributed by atoms with Crippen LogP contribution in [0.3, 0.4) is 0 Å². The lowest BCUT2D eigenvalue weighted by Crippen LogP contribution is -2.16. The SMILES string of the molecule is Cc1cccc(C)c1NC(=O)Cc1ccc(F)cc1F. The number of anilines is 1. The van der Waals surface area contributed by atoms with Crippen LogP contribution >= 0.6 is 0 Å². The molecule has 0 aliphatic rings. The van der Waals surface area contributed by atoms with Crippen LogP contribution in [0.5, 0.6) is 0 Å². The number of hydrogen-bond acceptors (Lipinski definition) is 1. The number of carbonyl (C=O) groups is 1. The summed E-state index contributed by atoms with van der Waals surface area (Å²) in [6.45, 7) is 3.78. The molecule has 2 aromatic rings. The highest BCUT2D eigenvalue weighted by Gasteiger charge is 2.11. The fourth-order valence-electron chi connectivity index (χ4n) is 2.03. The Balaban J connectivity index is 2.13. The minimum Gasteiger partial charge on any atom is -0.325 e. The van der Waals surface area contributed by atoms with Crippen molar-refractivity contribution in [1.29, 1.82) is 0 Å². The lowest BCUT2D eigenvalue weighted by molar-refractivity contribution is -0.115. The van der Waals surface area contributed by atoms with Gasteiger partial charge in [-0.15, -0.1) is 0 Å². The molecule has 20 heavy (non-hydrogen) atoms. The van der Waals surface area contributed by atoms with E-state index in [1.807, 2.05) is 32.0 Å². The Kier molecular flexibility index (Phi) is 4.13. The number of para-hydroxylation sites is 1. The summed E-state index contributed by atoms with van der Waals surface area (Å²) >= 11 is 0. The van der Waals surface area contributed by atoms with Gasteiger partial charge in [-0.25, -0.2) is 8.78 Å². The van der Waals surface area contributed by atoms with Gasteiger partial charge >= 0.3 is 0 Å². The summed E-state index contributed by atoms with van der Waals surface area (Å²) in [6, 6.07) is 8.89. The molecule has 4 heteroatoms. The zero-order valence-electron chi connectivity index (χ0n) is 11.3. The van der Waals surface area contributed by atoms with Crippen molar-refractivity contribution >= 4 is 11.6 Å². The highest BCUT2D eigenvalue weighted by molar-refractivity contribution is 5.93. The van der Waals surface area contributed by atoms with Crippen LogP contribution in [0.4, 0.5) is 14.5 Å². The molecule has 0 spiro atoms. The molecular formula is C16H15F2NO. The van der Waals surface area contributed by atoms with E-state index in [4.69, 9.17) is 0 Å². The lowest BCUT2D eigenvalue weighted by atomic mass is 10.1. The molecule has 1 amide bonds. The van der Waals surface area contributed by atoms with E-state index in [0.29, 0.717) is 0 Å². The first-order valence-electron chi connectivity index (χ1n) is 6.27. The van der Waals surface area contributed by atoms with E-state index in [2.05, 4.69) is 5.32 Å². The zero-order chi connectivity index (χ0) is 14.7. The van der Waals surface area contributed by atoms with Crippen molar-refractivity contribution in [2.75, 3.05) is 5.32 Å². The van der Waals surface area contributed by atoms with Gasteiger partial charge in [0.05, 0.1) is 6.42 Å². The van der Waals surface area contributed by atoms with Gasteiger partial charge in [0.15, 0.2) is 0 Å². The largest absolute Gasteiger partial charge is 0.325 e. The molecule has 0 heterocycles. The van der Waals surface area contributed by atoms with Crippen molar-refractivity contribution in [3.05, 3.63) is 64.7 Å². The highest BCUT2D eigenvalue weighted by atomic mass is 19.1. The number of rotatable bonds is 3. The first-order valence-corrected chi connectivity index (χ1v) is 6.27. The van der Waals surface area contributed by atoms with E-state index in [9.17, 15) is 13.6 Å². The zero-order valence-corrected chi connectivity index (χ0v) is 11.3. The lowest BCUT2D eigenvalue weighted by Gasteiger charge is -2.11. The quantitative estimate of drug-likeness (QED) is 0.907. The summed E-state index contributed by atoms with van der Waals surface area (Å²) in [5, 5.41) is 2.77. The smallest absolute Gasteiger partial charge is 0.228 e. The number of halogens is 2. The molecule has 2 rings (SSSR count). The summed E-state index contributed by atoms with van der Waals surface area (Å²) in [5.74, 6) is -1.68. The van der Waals surface area contributed by atoms with Gasteiger partial charge in [-0.05, 0) is 36.6 Å². The number of amides is 1. The van der Waals surface area contributed by atoms with Crippen LogP contribution in [0.25, 0.3) is 0 Å². The Hall–Kier alpha value is -2.23. The van der Waals surface area contributed by atoms with E-state index in [1.165, 1.54) is 6.07 Å². The van der Waals surface area contributed by atoms with Crippen molar-refractivity contribution in [2.24, 2.45) is 0 Å². The molecule has 0 unspecified atom stereocenters.